The molecule has 4 heteroatoms. The molecule has 1 aliphatic rings. The molecule has 0 amide bonds. The molecule has 12 heavy (non-hydrogen) atoms. The molecule has 1 atom stereocenters. The van der Waals surface area contributed by atoms with Gasteiger partial charge in [0.05, 0.1) is 12.6 Å². The molecule has 0 aromatic rings. The summed E-state index contributed by atoms with van der Waals surface area (Å²) < 4.78 is 30.6. The highest BCUT2D eigenvalue weighted by atomic mass is 19.3. The Balaban J connectivity index is 2.34. The van der Waals surface area contributed by atoms with Gasteiger partial charge in [-0.1, -0.05) is 0 Å². The van der Waals surface area contributed by atoms with Gasteiger partial charge < -0.3 is 10.1 Å². The lowest BCUT2D eigenvalue weighted by Crippen LogP contribution is -2.40. The first-order valence-corrected chi connectivity index (χ1v) is 4.25. The summed E-state index contributed by atoms with van der Waals surface area (Å²) in [5, 5.41) is 2.70. The zero-order chi connectivity index (χ0) is 9.03. The molecule has 1 rings (SSSR count). The van der Waals surface area contributed by atoms with Gasteiger partial charge in [-0.2, -0.15) is 0 Å². The molecule has 0 bridgehead atoms. The Morgan fingerprint density at radius 1 is 1.50 bits per heavy atom. The van der Waals surface area contributed by atoms with Crippen LogP contribution in [0.25, 0.3) is 0 Å². The van der Waals surface area contributed by atoms with Gasteiger partial charge in [0, 0.05) is 20.1 Å². The predicted molar refractivity (Wildman–Crippen MR) is 42.5 cm³/mol. The number of hydrogen-bond donors (Lipinski definition) is 1. The third kappa shape index (κ3) is 3.03. The molecule has 72 valence electrons. The first-order chi connectivity index (χ1) is 5.64. The lowest BCUT2D eigenvalue weighted by atomic mass is 10.1. The van der Waals surface area contributed by atoms with E-state index in [1.165, 1.54) is 0 Å². The predicted octanol–water partition coefficient (Wildman–Crippen LogP) is 1.41. The third-order valence-electron chi connectivity index (χ3n) is 2.16. The summed E-state index contributed by atoms with van der Waals surface area (Å²) in [5.74, 6) is -2.53. The van der Waals surface area contributed by atoms with Crippen molar-refractivity contribution in [2.24, 2.45) is 0 Å². The number of alkyl halides is 2. The van der Waals surface area contributed by atoms with Gasteiger partial charge in [0.25, 0.3) is 5.92 Å². The van der Waals surface area contributed by atoms with Crippen LogP contribution < -0.4 is 5.32 Å². The number of nitrogens with one attached hydrogen (secondary N) is 1. The molecule has 1 fully saturated rings. The van der Waals surface area contributed by atoms with Crippen LogP contribution >= 0.6 is 0 Å². The van der Waals surface area contributed by atoms with Crippen LogP contribution in [-0.4, -0.2) is 32.2 Å². The van der Waals surface area contributed by atoms with Gasteiger partial charge in [-0.3, -0.25) is 0 Å². The minimum atomic E-state index is -2.53. The molecular formula is C8H15F2NO. The second-order valence-electron chi connectivity index (χ2n) is 3.24. The van der Waals surface area contributed by atoms with Gasteiger partial charge >= 0.3 is 0 Å². The lowest BCUT2D eigenvalue weighted by molar-refractivity contribution is -0.0253. The largest absolute Gasteiger partial charge is 0.380 e. The summed E-state index contributed by atoms with van der Waals surface area (Å²) >= 11 is 0. The van der Waals surface area contributed by atoms with Crippen LogP contribution in [0.4, 0.5) is 8.78 Å². The van der Waals surface area contributed by atoms with Crippen molar-refractivity contribution in [1.29, 1.82) is 0 Å². The van der Waals surface area contributed by atoms with Gasteiger partial charge in [-0.15, -0.1) is 0 Å². The first kappa shape index (κ1) is 9.86. The van der Waals surface area contributed by atoms with Crippen molar-refractivity contribution in [3.63, 3.8) is 0 Å². The summed E-state index contributed by atoms with van der Waals surface area (Å²) in [7, 11) is 1.62. The average Bonchev–Trinajstić information content (AvgIpc) is 1.97. The Kier molecular flexibility index (Phi) is 3.40. The molecule has 0 aromatic carbocycles. The number of ether oxygens (including phenoxy) is 1. The van der Waals surface area contributed by atoms with Crippen molar-refractivity contribution in [2.45, 2.75) is 31.3 Å². The van der Waals surface area contributed by atoms with E-state index in [2.05, 4.69) is 5.32 Å². The molecule has 0 saturated carbocycles. The van der Waals surface area contributed by atoms with Gasteiger partial charge in [-0.05, 0) is 12.8 Å². The van der Waals surface area contributed by atoms with Crippen LogP contribution in [0.5, 0.6) is 0 Å². The molecule has 0 unspecified atom stereocenters. The van der Waals surface area contributed by atoms with Gasteiger partial charge in [0.15, 0.2) is 0 Å². The summed E-state index contributed by atoms with van der Waals surface area (Å²) in [4.78, 5) is 0. The minimum absolute atomic E-state index is 0.0279. The van der Waals surface area contributed by atoms with Crippen LogP contribution in [0, 0.1) is 0 Å². The van der Waals surface area contributed by atoms with E-state index in [1.807, 2.05) is 0 Å². The van der Waals surface area contributed by atoms with Crippen LogP contribution in [-0.2, 0) is 4.74 Å². The second kappa shape index (κ2) is 4.14. The maximum atomic E-state index is 12.8. The Bertz CT molecular complexity index is 129. The number of halogens is 2. The molecule has 0 radical (unpaired) electrons. The van der Waals surface area contributed by atoms with Crippen molar-refractivity contribution in [3.8, 4) is 0 Å². The van der Waals surface area contributed by atoms with Gasteiger partial charge in [0.1, 0.15) is 0 Å². The van der Waals surface area contributed by atoms with Crippen molar-refractivity contribution >= 4 is 0 Å². The average molecular weight is 179 g/mol. The van der Waals surface area contributed by atoms with E-state index < -0.39 is 5.92 Å². The minimum Gasteiger partial charge on any atom is -0.380 e. The van der Waals surface area contributed by atoms with Crippen molar-refractivity contribution in [1.82, 2.24) is 5.32 Å². The highest BCUT2D eigenvalue weighted by Gasteiger charge is 2.30. The molecule has 1 N–H and O–H groups in total. The van der Waals surface area contributed by atoms with Crippen molar-refractivity contribution in [2.75, 3.05) is 20.2 Å². The van der Waals surface area contributed by atoms with E-state index in [1.54, 1.807) is 7.11 Å². The molecule has 0 aliphatic carbocycles. The standard InChI is InChI=1S/C8H15F2NO/c1-12-7-3-2-4-8(9,10)6-11-5-7/h7,11H,2-6H2,1H3/t7-/m1/s1. The molecule has 0 aromatic heterocycles. The lowest BCUT2D eigenvalue weighted by Gasteiger charge is -2.24. The molecule has 1 saturated heterocycles. The van der Waals surface area contributed by atoms with E-state index in [4.69, 9.17) is 4.74 Å². The first-order valence-electron chi connectivity index (χ1n) is 4.25. The molecule has 1 heterocycles. The number of rotatable bonds is 1. The third-order valence-corrected chi connectivity index (χ3v) is 2.16. The van der Waals surface area contributed by atoms with Crippen LogP contribution in [0.3, 0.4) is 0 Å². The Morgan fingerprint density at radius 2 is 2.25 bits per heavy atom. The second-order valence-corrected chi connectivity index (χ2v) is 3.24. The summed E-state index contributed by atoms with van der Waals surface area (Å²) in [6.45, 7) is 0.318. The summed E-state index contributed by atoms with van der Waals surface area (Å²) in [5.41, 5.74) is 0. The van der Waals surface area contributed by atoms with E-state index >= 15 is 0 Å². The molecule has 1 aliphatic heterocycles. The smallest absolute Gasteiger partial charge is 0.260 e. The monoisotopic (exact) mass is 179 g/mol. The van der Waals surface area contributed by atoms with Crippen LogP contribution in [0.1, 0.15) is 19.3 Å². The Morgan fingerprint density at radius 3 is 2.92 bits per heavy atom. The van der Waals surface area contributed by atoms with E-state index in [9.17, 15) is 8.78 Å². The fraction of sp³-hybridized carbons (Fsp3) is 1.00. The highest BCUT2D eigenvalue weighted by molar-refractivity contribution is 4.75. The number of hydrogen-bond acceptors (Lipinski definition) is 2. The Hall–Kier alpha value is -0.220. The Labute approximate surface area is 71.3 Å². The maximum absolute atomic E-state index is 12.8. The highest BCUT2D eigenvalue weighted by Crippen LogP contribution is 2.22. The normalized spacial score (nSPS) is 30.8. The van der Waals surface area contributed by atoms with Crippen molar-refractivity contribution in [3.05, 3.63) is 0 Å². The maximum Gasteiger partial charge on any atom is 0.260 e. The van der Waals surface area contributed by atoms with E-state index in [-0.39, 0.29) is 19.1 Å². The van der Waals surface area contributed by atoms with Crippen molar-refractivity contribution < 1.29 is 13.5 Å². The fourth-order valence-electron chi connectivity index (χ4n) is 1.40. The van der Waals surface area contributed by atoms with Gasteiger partial charge in [-0.25, -0.2) is 8.78 Å². The van der Waals surface area contributed by atoms with E-state index in [0.717, 1.165) is 6.42 Å². The molecule has 2 nitrogen and oxygen atoms in total. The summed E-state index contributed by atoms with van der Waals surface area (Å²) in [6.07, 6.45) is 1.34. The van der Waals surface area contributed by atoms with E-state index in [0.29, 0.717) is 13.0 Å². The van der Waals surface area contributed by atoms with Crippen LogP contribution in [0.15, 0.2) is 0 Å². The van der Waals surface area contributed by atoms with Gasteiger partial charge in [0.2, 0.25) is 0 Å². The quantitative estimate of drug-likeness (QED) is 0.657. The zero-order valence-electron chi connectivity index (χ0n) is 7.28. The summed E-state index contributed by atoms with van der Waals surface area (Å²) in [6, 6.07) is 0. The SMILES string of the molecule is CO[C@@H]1CCCC(F)(F)CNC1. The van der Waals surface area contributed by atoms with Crippen LogP contribution in [0.2, 0.25) is 0 Å². The topological polar surface area (TPSA) is 21.3 Å². The number of methoxy groups -OCH3 is 1. The molecule has 0 spiro atoms. The fourth-order valence-corrected chi connectivity index (χ4v) is 1.40. The zero-order valence-corrected chi connectivity index (χ0v) is 7.28. The molecular weight excluding hydrogens is 164 g/mol.